The van der Waals surface area contributed by atoms with E-state index < -0.39 is 0 Å². The summed E-state index contributed by atoms with van der Waals surface area (Å²) < 4.78 is 0. The maximum absolute atomic E-state index is 5.37. The van der Waals surface area contributed by atoms with Gasteiger partial charge in [-0.15, -0.1) is 0 Å². The lowest BCUT2D eigenvalue weighted by Gasteiger charge is -1.94. The van der Waals surface area contributed by atoms with Crippen LogP contribution in [0.5, 0.6) is 0 Å². The molecule has 2 aromatic heterocycles. The Morgan fingerprint density at radius 2 is 1.72 bits per heavy atom. The number of hydrogen-bond acceptors (Lipinski definition) is 3. The molecule has 0 aliphatic carbocycles. The Labute approximate surface area is 109 Å². The van der Waals surface area contributed by atoms with Crippen LogP contribution < -0.4 is 5.73 Å². The molecule has 0 bridgehead atoms. The van der Waals surface area contributed by atoms with E-state index in [9.17, 15) is 0 Å². The topological polar surface area (TPSA) is 51.8 Å². The van der Waals surface area contributed by atoms with E-state index in [1.807, 2.05) is 31.3 Å². The van der Waals surface area contributed by atoms with Gasteiger partial charge in [0.1, 0.15) is 5.82 Å². The van der Waals surface area contributed by atoms with Crippen LogP contribution in [0.3, 0.4) is 0 Å². The van der Waals surface area contributed by atoms with Crippen molar-refractivity contribution < 1.29 is 0 Å². The van der Waals surface area contributed by atoms with E-state index in [1.165, 1.54) is 11.1 Å². The quantitative estimate of drug-likeness (QED) is 0.881. The fraction of sp³-hybridized carbons (Fsp3) is 0.333. The maximum Gasteiger partial charge on any atom is 0.123 e. The number of nitrogens with two attached hydrogens (primary N) is 1. The summed E-state index contributed by atoms with van der Waals surface area (Å²) in [5.74, 6) is 0.590. The van der Waals surface area contributed by atoms with E-state index in [1.54, 1.807) is 6.20 Å². The lowest BCUT2D eigenvalue weighted by Crippen LogP contribution is -1.89. The highest BCUT2D eigenvalue weighted by Gasteiger charge is 1.87. The van der Waals surface area contributed by atoms with Gasteiger partial charge in [-0.25, -0.2) is 4.98 Å². The molecule has 18 heavy (non-hydrogen) atoms. The zero-order chi connectivity index (χ0) is 13.4. The highest BCUT2D eigenvalue weighted by molar-refractivity contribution is 5.29. The third kappa shape index (κ3) is 4.95. The van der Waals surface area contributed by atoms with E-state index >= 15 is 0 Å². The first-order chi connectivity index (χ1) is 8.65. The van der Waals surface area contributed by atoms with E-state index in [-0.39, 0.29) is 0 Å². The van der Waals surface area contributed by atoms with Gasteiger partial charge in [-0.05, 0) is 49.1 Å². The summed E-state index contributed by atoms with van der Waals surface area (Å²) >= 11 is 0. The minimum absolute atomic E-state index is 0.590. The lowest BCUT2D eigenvalue weighted by atomic mass is 10.2. The maximum atomic E-state index is 5.37. The molecule has 0 amide bonds. The first-order valence-electron chi connectivity index (χ1n) is 6.27. The Morgan fingerprint density at radius 1 is 1.00 bits per heavy atom. The van der Waals surface area contributed by atoms with Gasteiger partial charge in [-0.1, -0.05) is 19.9 Å². The van der Waals surface area contributed by atoms with Crippen molar-refractivity contribution in [2.45, 2.75) is 33.6 Å². The molecule has 0 aliphatic rings. The van der Waals surface area contributed by atoms with Gasteiger partial charge >= 0.3 is 0 Å². The van der Waals surface area contributed by atoms with Crippen molar-refractivity contribution in [1.82, 2.24) is 9.97 Å². The van der Waals surface area contributed by atoms with Crippen LogP contribution >= 0.6 is 0 Å². The third-order valence-corrected chi connectivity index (χ3v) is 2.63. The van der Waals surface area contributed by atoms with Crippen molar-refractivity contribution in [2.75, 3.05) is 5.73 Å². The summed E-state index contributed by atoms with van der Waals surface area (Å²) in [6, 6.07) is 7.97. The van der Waals surface area contributed by atoms with Crippen LogP contribution in [0.25, 0.3) is 0 Å². The van der Waals surface area contributed by atoms with Gasteiger partial charge in [0.05, 0.1) is 0 Å². The molecule has 3 heteroatoms. The standard InChI is InChI=1S/C8H11N.C7H10N2/c1-3-8-4-5-9-7(2)6-8;1-2-6-3-4-7(8)9-5-6/h4-6H,3H2,1-2H3;3-5H,2H2,1H3,(H2,8,9). The molecule has 2 heterocycles. The van der Waals surface area contributed by atoms with Crippen molar-refractivity contribution >= 4 is 5.82 Å². The average molecular weight is 243 g/mol. The first-order valence-corrected chi connectivity index (χ1v) is 6.27. The average Bonchev–Trinajstić information content (AvgIpc) is 2.40. The van der Waals surface area contributed by atoms with Crippen LogP contribution in [-0.2, 0) is 12.8 Å². The van der Waals surface area contributed by atoms with Gasteiger partial charge in [0.25, 0.3) is 0 Å². The van der Waals surface area contributed by atoms with Crippen LogP contribution in [0.15, 0.2) is 36.7 Å². The van der Waals surface area contributed by atoms with Gasteiger partial charge in [-0.2, -0.15) is 0 Å². The van der Waals surface area contributed by atoms with Crippen LogP contribution in [0.2, 0.25) is 0 Å². The first kappa shape index (κ1) is 14.2. The van der Waals surface area contributed by atoms with E-state index in [0.29, 0.717) is 5.82 Å². The summed E-state index contributed by atoms with van der Waals surface area (Å²) in [5.41, 5.74) is 9.07. The van der Waals surface area contributed by atoms with Crippen molar-refractivity contribution in [3.05, 3.63) is 53.5 Å². The Balaban J connectivity index is 0.000000180. The van der Waals surface area contributed by atoms with Crippen LogP contribution in [-0.4, -0.2) is 9.97 Å². The molecule has 0 aliphatic heterocycles. The summed E-state index contributed by atoms with van der Waals surface area (Å²) in [5, 5.41) is 0. The Morgan fingerprint density at radius 3 is 2.17 bits per heavy atom. The van der Waals surface area contributed by atoms with Gasteiger partial charge in [0.2, 0.25) is 0 Å². The minimum Gasteiger partial charge on any atom is -0.384 e. The minimum atomic E-state index is 0.590. The van der Waals surface area contributed by atoms with E-state index in [0.717, 1.165) is 18.5 Å². The summed E-state index contributed by atoms with van der Waals surface area (Å²) in [4.78, 5) is 8.02. The molecular weight excluding hydrogens is 222 g/mol. The van der Waals surface area contributed by atoms with Crippen molar-refractivity contribution in [1.29, 1.82) is 0 Å². The molecule has 96 valence electrons. The summed E-state index contributed by atoms with van der Waals surface area (Å²) in [7, 11) is 0. The Kier molecular flexibility index (Phi) is 5.85. The Bertz CT molecular complexity index is 463. The molecule has 0 unspecified atom stereocenters. The van der Waals surface area contributed by atoms with Crippen molar-refractivity contribution in [2.24, 2.45) is 0 Å². The van der Waals surface area contributed by atoms with Crippen LogP contribution in [0, 0.1) is 6.92 Å². The molecular formula is C15H21N3. The zero-order valence-electron chi connectivity index (χ0n) is 11.4. The molecule has 0 radical (unpaired) electrons. The number of aryl methyl sites for hydroxylation is 3. The summed E-state index contributed by atoms with van der Waals surface area (Å²) in [6.07, 6.45) is 5.78. The van der Waals surface area contributed by atoms with E-state index in [4.69, 9.17) is 5.73 Å². The van der Waals surface area contributed by atoms with Crippen molar-refractivity contribution in [3.63, 3.8) is 0 Å². The number of anilines is 1. The number of pyridine rings is 2. The monoisotopic (exact) mass is 243 g/mol. The number of nitrogen functional groups attached to an aromatic ring is 1. The molecule has 3 nitrogen and oxygen atoms in total. The van der Waals surface area contributed by atoms with Crippen LogP contribution in [0.1, 0.15) is 30.7 Å². The molecule has 0 saturated heterocycles. The Hall–Kier alpha value is -1.90. The molecule has 0 spiro atoms. The molecule has 0 fully saturated rings. The molecule has 2 rings (SSSR count). The third-order valence-electron chi connectivity index (χ3n) is 2.63. The molecule has 2 aromatic rings. The van der Waals surface area contributed by atoms with Crippen molar-refractivity contribution in [3.8, 4) is 0 Å². The molecule has 0 saturated carbocycles. The van der Waals surface area contributed by atoms with Gasteiger partial charge in [0.15, 0.2) is 0 Å². The number of aromatic nitrogens is 2. The number of hydrogen-bond donors (Lipinski definition) is 1. The largest absolute Gasteiger partial charge is 0.384 e. The van der Waals surface area contributed by atoms with Gasteiger partial charge in [-0.3, -0.25) is 4.98 Å². The number of nitrogens with zero attached hydrogens (tertiary/aromatic N) is 2. The number of rotatable bonds is 2. The predicted octanol–water partition coefficient (Wildman–Crippen LogP) is 3.18. The second-order valence-corrected chi connectivity index (χ2v) is 4.10. The van der Waals surface area contributed by atoms with Crippen LogP contribution in [0.4, 0.5) is 5.82 Å². The fourth-order valence-corrected chi connectivity index (χ4v) is 1.47. The zero-order valence-corrected chi connectivity index (χ0v) is 11.4. The SMILES string of the molecule is CCc1ccc(N)nc1.CCc1ccnc(C)c1. The second-order valence-electron chi connectivity index (χ2n) is 4.10. The lowest BCUT2D eigenvalue weighted by molar-refractivity contribution is 1.09. The van der Waals surface area contributed by atoms with E-state index in [2.05, 4.69) is 29.9 Å². The normalized spacial score (nSPS) is 9.50. The highest BCUT2D eigenvalue weighted by atomic mass is 14.8. The highest BCUT2D eigenvalue weighted by Crippen LogP contribution is 2.00. The second kappa shape index (κ2) is 7.43. The van der Waals surface area contributed by atoms with Gasteiger partial charge < -0.3 is 5.73 Å². The molecule has 0 aromatic carbocycles. The van der Waals surface area contributed by atoms with Gasteiger partial charge in [0, 0.05) is 18.1 Å². The molecule has 2 N–H and O–H groups in total. The summed E-state index contributed by atoms with van der Waals surface area (Å²) in [6.45, 7) is 6.25. The predicted molar refractivity (Wildman–Crippen MR) is 76.4 cm³/mol. The smallest absolute Gasteiger partial charge is 0.123 e. The fourth-order valence-electron chi connectivity index (χ4n) is 1.47. The molecule has 0 atom stereocenters.